The van der Waals surface area contributed by atoms with Gasteiger partial charge < -0.3 is 15.7 Å². The second kappa shape index (κ2) is 8.07. The average molecular weight is 282 g/mol. The molecular weight excluding hydrogens is 260 g/mol. The fraction of sp³-hybridized carbons (Fsp3) is 0.500. The molecule has 1 atom stereocenters. The molecule has 4 nitrogen and oxygen atoms in total. The maximum Gasteiger partial charge on any atom is 0.315 e. The molecule has 0 spiro atoms. The molecule has 0 aliphatic rings. The number of thioether (sulfide) groups is 1. The summed E-state index contributed by atoms with van der Waals surface area (Å²) >= 11 is 1.68. The highest BCUT2D eigenvalue weighted by atomic mass is 32.2. The third-order valence-electron chi connectivity index (χ3n) is 2.77. The Morgan fingerprint density at radius 2 is 2.00 bits per heavy atom. The van der Waals surface area contributed by atoms with Crippen LogP contribution in [0.5, 0.6) is 0 Å². The Morgan fingerprint density at radius 1 is 1.32 bits per heavy atom. The summed E-state index contributed by atoms with van der Waals surface area (Å²) in [4.78, 5) is 11.6. The topological polar surface area (TPSA) is 61.4 Å². The van der Waals surface area contributed by atoms with E-state index in [9.17, 15) is 9.90 Å². The lowest BCUT2D eigenvalue weighted by Gasteiger charge is -2.23. The minimum atomic E-state index is -0.854. The lowest BCUT2D eigenvalue weighted by Crippen LogP contribution is -2.44. The second-order valence-electron chi connectivity index (χ2n) is 4.76. The number of urea groups is 1. The van der Waals surface area contributed by atoms with Gasteiger partial charge in [0.2, 0.25) is 0 Å². The monoisotopic (exact) mass is 282 g/mol. The second-order valence-corrected chi connectivity index (χ2v) is 5.75. The standard InChI is InChI=1S/C14H22N2O2S/c1-14(18,8-9-19-2)11-16-13(17)15-10-12-6-4-3-5-7-12/h3-7,18H,8-11H2,1-2H3,(H2,15,16,17)/t14-/m0/s1. The Morgan fingerprint density at radius 3 is 2.63 bits per heavy atom. The van der Waals surface area contributed by atoms with Crippen LogP contribution in [0.25, 0.3) is 0 Å². The van der Waals surface area contributed by atoms with E-state index in [1.807, 2.05) is 36.6 Å². The third-order valence-corrected chi connectivity index (χ3v) is 3.38. The lowest BCUT2D eigenvalue weighted by atomic mass is 10.0. The van der Waals surface area contributed by atoms with Crippen LogP contribution in [0.2, 0.25) is 0 Å². The molecule has 1 aromatic carbocycles. The van der Waals surface area contributed by atoms with E-state index in [1.54, 1.807) is 18.7 Å². The summed E-state index contributed by atoms with van der Waals surface area (Å²) in [5.41, 5.74) is 0.194. The largest absolute Gasteiger partial charge is 0.388 e. The van der Waals surface area contributed by atoms with E-state index in [0.717, 1.165) is 11.3 Å². The van der Waals surface area contributed by atoms with Gasteiger partial charge in [0.25, 0.3) is 0 Å². The van der Waals surface area contributed by atoms with Crippen molar-refractivity contribution in [3.05, 3.63) is 35.9 Å². The minimum Gasteiger partial charge on any atom is -0.388 e. The van der Waals surface area contributed by atoms with Gasteiger partial charge >= 0.3 is 6.03 Å². The van der Waals surface area contributed by atoms with Crippen molar-refractivity contribution in [1.29, 1.82) is 0 Å². The molecule has 1 aromatic rings. The molecule has 0 saturated carbocycles. The molecule has 1 rings (SSSR count). The van der Waals surface area contributed by atoms with Gasteiger partial charge in [0, 0.05) is 13.1 Å². The summed E-state index contributed by atoms with van der Waals surface area (Å²) in [5.74, 6) is 0.875. The van der Waals surface area contributed by atoms with E-state index in [1.165, 1.54) is 0 Å². The smallest absolute Gasteiger partial charge is 0.315 e. The fourth-order valence-electron chi connectivity index (χ4n) is 1.52. The van der Waals surface area contributed by atoms with E-state index >= 15 is 0 Å². The fourth-order valence-corrected chi connectivity index (χ4v) is 2.17. The van der Waals surface area contributed by atoms with Gasteiger partial charge in [0.15, 0.2) is 0 Å². The van der Waals surface area contributed by atoms with Gasteiger partial charge in [-0.2, -0.15) is 11.8 Å². The van der Waals surface area contributed by atoms with E-state index in [-0.39, 0.29) is 12.6 Å². The number of benzene rings is 1. The summed E-state index contributed by atoms with van der Waals surface area (Å²) < 4.78 is 0. The highest BCUT2D eigenvalue weighted by Gasteiger charge is 2.20. The van der Waals surface area contributed by atoms with E-state index in [4.69, 9.17) is 0 Å². The molecule has 19 heavy (non-hydrogen) atoms. The first-order valence-corrected chi connectivity index (χ1v) is 7.70. The number of carbonyl (C=O) groups excluding carboxylic acids is 1. The average Bonchev–Trinajstić information content (AvgIpc) is 2.42. The molecule has 3 N–H and O–H groups in total. The van der Waals surface area contributed by atoms with E-state index in [0.29, 0.717) is 13.0 Å². The van der Waals surface area contributed by atoms with Crippen molar-refractivity contribution < 1.29 is 9.90 Å². The summed E-state index contributed by atoms with van der Waals surface area (Å²) in [6.07, 6.45) is 2.66. The van der Waals surface area contributed by atoms with Crippen LogP contribution in [-0.4, -0.2) is 35.3 Å². The molecule has 0 radical (unpaired) electrons. The molecule has 106 valence electrons. The van der Waals surface area contributed by atoms with Gasteiger partial charge in [-0.1, -0.05) is 30.3 Å². The third kappa shape index (κ3) is 7.08. The van der Waals surface area contributed by atoms with Crippen molar-refractivity contribution in [2.24, 2.45) is 0 Å². The first-order valence-electron chi connectivity index (χ1n) is 6.30. The quantitative estimate of drug-likeness (QED) is 0.717. The Balaban J connectivity index is 2.24. The van der Waals surface area contributed by atoms with Crippen molar-refractivity contribution in [2.75, 3.05) is 18.6 Å². The molecule has 0 bridgehead atoms. The number of aliphatic hydroxyl groups is 1. The summed E-state index contributed by atoms with van der Waals surface area (Å²) in [7, 11) is 0. The van der Waals surface area contributed by atoms with Crippen LogP contribution < -0.4 is 10.6 Å². The molecule has 5 heteroatoms. The van der Waals surface area contributed by atoms with Crippen molar-refractivity contribution in [3.8, 4) is 0 Å². The number of hydrogen-bond acceptors (Lipinski definition) is 3. The molecule has 0 fully saturated rings. The van der Waals surface area contributed by atoms with Crippen molar-refractivity contribution in [3.63, 3.8) is 0 Å². The van der Waals surface area contributed by atoms with Crippen molar-refractivity contribution in [1.82, 2.24) is 10.6 Å². The van der Waals surface area contributed by atoms with Crippen molar-refractivity contribution in [2.45, 2.75) is 25.5 Å². The van der Waals surface area contributed by atoms with Crippen LogP contribution in [0.3, 0.4) is 0 Å². The highest BCUT2D eigenvalue weighted by molar-refractivity contribution is 7.98. The zero-order valence-corrected chi connectivity index (χ0v) is 12.3. The van der Waals surface area contributed by atoms with Crippen molar-refractivity contribution >= 4 is 17.8 Å². The first kappa shape index (κ1) is 15.9. The Hall–Kier alpha value is -1.20. The zero-order chi connectivity index (χ0) is 14.1. The van der Waals surface area contributed by atoms with Crippen LogP contribution in [0, 0.1) is 0 Å². The minimum absolute atomic E-state index is 0.256. The van der Waals surface area contributed by atoms with Crippen LogP contribution in [-0.2, 0) is 6.54 Å². The molecular formula is C14H22N2O2S. The van der Waals surface area contributed by atoms with Crippen LogP contribution in [0.1, 0.15) is 18.9 Å². The maximum absolute atomic E-state index is 11.6. The summed E-state index contributed by atoms with van der Waals surface area (Å²) in [6, 6.07) is 9.45. The molecule has 0 aromatic heterocycles. The molecule has 0 heterocycles. The van der Waals surface area contributed by atoms with Gasteiger partial charge in [-0.3, -0.25) is 0 Å². The predicted molar refractivity (Wildman–Crippen MR) is 80.3 cm³/mol. The molecule has 0 unspecified atom stereocenters. The molecule has 0 saturated heterocycles. The van der Waals surface area contributed by atoms with Gasteiger partial charge in [-0.25, -0.2) is 4.79 Å². The SMILES string of the molecule is CSCC[C@](C)(O)CNC(=O)NCc1ccccc1. The van der Waals surface area contributed by atoms with Gasteiger partial charge in [-0.15, -0.1) is 0 Å². The molecule has 0 aliphatic carbocycles. The number of rotatable bonds is 7. The van der Waals surface area contributed by atoms with Crippen LogP contribution >= 0.6 is 11.8 Å². The zero-order valence-electron chi connectivity index (χ0n) is 11.5. The van der Waals surface area contributed by atoms with Crippen LogP contribution in [0.15, 0.2) is 30.3 Å². The number of amides is 2. The Labute approximate surface area is 119 Å². The van der Waals surface area contributed by atoms with Gasteiger partial charge in [0.05, 0.1) is 5.60 Å². The first-order chi connectivity index (χ1) is 9.03. The summed E-state index contributed by atoms with van der Waals surface area (Å²) in [5, 5.41) is 15.5. The Bertz CT molecular complexity index is 382. The van der Waals surface area contributed by atoms with Gasteiger partial charge in [0.1, 0.15) is 0 Å². The van der Waals surface area contributed by atoms with E-state index < -0.39 is 5.60 Å². The number of nitrogens with one attached hydrogen (secondary N) is 2. The van der Waals surface area contributed by atoms with E-state index in [2.05, 4.69) is 10.6 Å². The predicted octanol–water partition coefficient (Wildman–Crippen LogP) is 1.99. The Kier molecular flexibility index (Phi) is 6.73. The normalized spacial score (nSPS) is 13.6. The summed E-state index contributed by atoms with van der Waals surface area (Å²) in [6.45, 7) is 2.48. The lowest BCUT2D eigenvalue weighted by molar-refractivity contribution is 0.0594. The number of carbonyl (C=O) groups is 1. The van der Waals surface area contributed by atoms with Gasteiger partial charge in [-0.05, 0) is 30.9 Å². The maximum atomic E-state index is 11.6. The highest BCUT2D eigenvalue weighted by Crippen LogP contribution is 2.11. The molecule has 0 aliphatic heterocycles. The molecule has 2 amide bonds. The number of hydrogen-bond donors (Lipinski definition) is 3. The van der Waals surface area contributed by atoms with Crippen LogP contribution in [0.4, 0.5) is 4.79 Å².